The SMILES string of the molecule is CC1(C)CC(N2CCCN(CC(=O)O)CC2)CC(C)(C)C1. The van der Waals surface area contributed by atoms with Crippen molar-refractivity contribution in [2.24, 2.45) is 10.8 Å². The standard InChI is InChI=1S/C17H32N2O2/c1-16(2)10-14(11-17(3,4)13-16)19-7-5-6-18(8-9-19)12-15(20)21/h14H,5-13H2,1-4H3,(H,20,21). The maximum Gasteiger partial charge on any atom is 0.317 e. The lowest BCUT2D eigenvalue weighted by molar-refractivity contribution is -0.138. The summed E-state index contributed by atoms with van der Waals surface area (Å²) in [5.74, 6) is -0.705. The highest BCUT2D eigenvalue weighted by Gasteiger charge is 2.40. The van der Waals surface area contributed by atoms with E-state index >= 15 is 0 Å². The first-order valence-corrected chi connectivity index (χ1v) is 8.35. The Morgan fingerprint density at radius 2 is 1.67 bits per heavy atom. The van der Waals surface area contributed by atoms with Gasteiger partial charge in [0.15, 0.2) is 0 Å². The summed E-state index contributed by atoms with van der Waals surface area (Å²) in [6.07, 6.45) is 4.94. The second kappa shape index (κ2) is 6.25. The van der Waals surface area contributed by atoms with Crippen LogP contribution in [0.15, 0.2) is 0 Å². The summed E-state index contributed by atoms with van der Waals surface area (Å²) in [6, 6.07) is 0.661. The van der Waals surface area contributed by atoms with Gasteiger partial charge >= 0.3 is 5.97 Å². The molecular formula is C17H32N2O2. The van der Waals surface area contributed by atoms with Crippen molar-refractivity contribution in [1.82, 2.24) is 9.80 Å². The molecule has 0 unspecified atom stereocenters. The fourth-order valence-corrected chi connectivity index (χ4v) is 4.75. The van der Waals surface area contributed by atoms with Crippen molar-refractivity contribution in [1.29, 1.82) is 0 Å². The molecule has 2 rings (SSSR count). The van der Waals surface area contributed by atoms with E-state index in [-0.39, 0.29) is 6.54 Å². The fraction of sp³-hybridized carbons (Fsp3) is 0.941. The smallest absolute Gasteiger partial charge is 0.317 e. The molecule has 1 heterocycles. The summed E-state index contributed by atoms with van der Waals surface area (Å²) in [4.78, 5) is 15.6. The van der Waals surface area contributed by atoms with Gasteiger partial charge < -0.3 is 5.11 Å². The zero-order valence-electron chi connectivity index (χ0n) is 14.2. The van der Waals surface area contributed by atoms with Crippen molar-refractivity contribution < 1.29 is 9.90 Å². The van der Waals surface area contributed by atoms with Crippen LogP contribution < -0.4 is 0 Å². The Morgan fingerprint density at radius 1 is 1.05 bits per heavy atom. The van der Waals surface area contributed by atoms with Crippen LogP contribution in [0.3, 0.4) is 0 Å². The van der Waals surface area contributed by atoms with Gasteiger partial charge in [-0.2, -0.15) is 0 Å². The van der Waals surface area contributed by atoms with Crippen LogP contribution in [0.1, 0.15) is 53.4 Å². The van der Waals surface area contributed by atoms with Crippen LogP contribution in [0.25, 0.3) is 0 Å². The Labute approximate surface area is 129 Å². The molecule has 0 aromatic heterocycles. The third kappa shape index (κ3) is 4.96. The molecule has 0 aromatic carbocycles. The highest BCUT2D eigenvalue weighted by atomic mass is 16.4. The van der Waals surface area contributed by atoms with Gasteiger partial charge in [-0.25, -0.2) is 0 Å². The number of hydrogen-bond acceptors (Lipinski definition) is 3. The van der Waals surface area contributed by atoms with E-state index in [4.69, 9.17) is 5.11 Å². The number of nitrogens with zero attached hydrogens (tertiary/aromatic N) is 2. The van der Waals surface area contributed by atoms with E-state index in [0.29, 0.717) is 16.9 Å². The fourth-order valence-electron chi connectivity index (χ4n) is 4.75. The minimum Gasteiger partial charge on any atom is -0.480 e. The van der Waals surface area contributed by atoms with Gasteiger partial charge in [0, 0.05) is 25.7 Å². The van der Waals surface area contributed by atoms with Crippen molar-refractivity contribution in [3.8, 4) is 0 Å². The Bertz CT molecular complexity index is 363. The van der Waals surface area contributed by atoms with Crippen LogP contribution in [0.4, 0.5) is 0 Å². The highest BCUT2D eigenvalue weighted by Crippen LogP contribution is 2.47. The maximum atomic E-state index is 10.9. The topological polar surface area (TPSA) is 43.8 Å². The molecule has 21 heavy (non-hydrogen) atoms. The molecule has 1 aliphatic carbocycles. The van der Waals surface area contributed by atoms with Crippen molar-refractivity contribution in [3.05, 3.63) is 0 Å². The minimum atomic E-state index is -0.705. The lowest BCUT2D eigenvalue weighted by atomic mass is 9.63. The molecule has 4 heteroatoms. The van der Waals surface area contributed by atoms with Crippen LogP contribution in [0.5, 0.6) is 0 Å². The number of carbonyl (C=O) groups is 1. The van der Waals surface area contributed by atoms with Gasteiger partial charge in [-0.1, -0.05) is 27.7 Å². The molecule has 122 valence electrons. The first-order chi connectivity index (χ1) is 9.67. The van der Waals surface area contributed by atoms with Gasteiger partial charge in [-0.3, -0.25) is 14.6 Å². The third-order valence-corrected chi connectivity index (χ3v) is 5.03. The van der Waals surface area contributed by atoms with E-state index in [0.717, 1.165) is 32.6 Å². The number of aliphatic carboxylic acids is 1. The predicted octanol–water partition coefficient (Wildman–Crippen LogP) is 2.68. The lowest BCUT2D eigenvalue weighted by Crippen LogP contribution is -2.47. The van der Waals surface area contributed by atoms with E-state index in [1.807, 2.05) is 0 Å². The van der Waals surface area contributed by atoms with Gasteiger partial charge in [0.2, 0.25) is 0 Å². The van der Waals surface area contributed by atoms with Gasteiger partial charge in [-0.15, -0.1) is 0 Å². The molecule has 0 spiro atoms. The molecule has 0 amide bonds. The van der Waals surface area contributed by atoms with Gasteiger partial charge in [0.1, 0.15) is 0 Å². The van der Waals surface area contributed by atoms with Gasteiger partial charge in [0.25, 0.3) is 0 Å². The monoisotopic (exact) mass is 296 g/mol. The number of rotatable bonds is 3. The Morgan fingerprint density at radius 3 is 2.24 bits per heavy atom. The highest BCUT2D eigenvalue weighted by molar-refractivity contribution is 5.69. The average molecular weight is 296 g/mol. The molecular weight excluding hydrogens is 264 g/mol. The first kappa shape index (κ1) is 16.8. The molecule has 4 nitrogen and oxygen atoms in total. The lowest BCUT2D eigenvalue weighted by Gasteiger charge is -2.48. The molecule has 0 radical (unpaired) electrons. The third-order valence-electron chi connectivity index (χ3n) is 5.03. The van der Waals surface area contributed by atoms with Crippen LogP contribution in [0, 0.1) is 10.8 Å². The average Bonchev–Trinajstić information content (AvgIpc) is 2.49. The number of carboxylic acid groups (broad SMARTS) is 1. The summed E-state index contributed by atoms with van der Waals surface area (Å²) in [7, 11) is 0. The molecule has 1 saturated carbocycles. The molecule has 1 N–H and O–H groups in total. The van der Waals surface area contributed by atoms with E-state index in [9.17, 15) is 4.79 Å². The zero-order chi connectivity index (χ0) is 15.7. The zero-order valence-corrected chi connectivity index (χ0v) is 14.2. The van der Waals surface area contributed by atoms with Crippen molar-refractivity contribution in [2.75, 3.05) is 32.7 Å². The normalized spacial score (nSPS) is 28.2. The summed E-state index contributed by atoms with van der Waals surface area (Å²) in [6.45, 7) is 13.7. The van der Waals surface area contributed by atoms with Crippen molar-refractivity contribution in [2.45, 2.75) is 59.4 Å². The van der Waals surface area contributed by atoms with E-state index in [1.165, 1.54) is 19.3 Å². The van der Waals surface area contributed by atoms with Crippen LogP contribution in [-0.2, 0) is 4.79 Å². The summed E-state index contributed by atoms with van der Waals surface area (Å²) in [5.41, 5.74) is 0.832. The van der Waals surface area contributed by atoms with Crippen LogP contribution in [0.2, 0.25) is 0 Å². The number of carboxylic acids is 1. The summed E-state index contributed by atoms with van der Waals surface area (Å²) < 4.78 is 0. The van der Waals surface area contributed by atoms with Crippen LogP contribution in [-0.4, -0.2) is 59.6 Å². The summed E-state index contributed by atoms with van der Waals surface area (Å²) in [5, 5.41) is 8.95. The molecule has 2 aliphatic rings. The maximum absolute atomic E-state index is 10.9. The minimum absolute atomic E-state index is 0.190. The van der Waals surface area contributed by atoms with Crippen molar-refractivity contribution in [3.63, 3.8) is 0 Å². The second-order valence-corrected chi connectivity index (χ2v) is 8.63. The summed E-state index contributed by atoms with van der Waals surface area (Å²) >= 11 is 0. The molecule has 0 bridgehead atoms. The predicted molar refractivity (Wildman–Crippen MR) is 85.5 cm³/mol. The molecule has 1 saturated heterocycles. The van der Waals surface area contributed by atoms with Gasteiger partial charge in [0.05, 0.1) is 6.54 Å². The van der Waals surface area contributed by atoms with Gasteiger partial charge in [-0.05, 0) is 43.1 Å². The Kier molecular flexibility index (Phi) is 4.99. The van der Waals surface area contributed by atoms with E-state index < -0.39 is 5.97 Å². The first-order valence-electron chi connectivity index (χ1n) is 8.35. The second-order valence-electron chi connectivity index (χ2n) is 8.63. The Hall–Kier alpha value is -0.610. The quantitative estimate of drug-likeness (QED) is 0.869. The molecule has 1 aliphatic heterocycles. The molecule has 0 atom stereocenters. The molecule has 0 aromatic rings. The Balaban J connectivity index is 1.97. The van der Waals surface area contributed by atoms with E-state index in [1.54, 1.807) is 0 Å². The van der Waals surface area contributed by atoms with E-state index in [2.05, 4.69) is 37.5 Å². The van der Waals surface area contributed by atoms with Crippen LogP contribution >= 0.6 is 0 Å². The van der Waals surface area contributed by atoms with Crippen molar-refractivity contribution >= 4 is 5.97 Å². The molecule has 2 fully saturated rings. The largest absolute Gasteiger partial charge is 0.480 e. The number of hydrogen-bond donors (Lipinski definition) is 1.